The zero-order valence-electron chi connectivity index (χ0n) is 10.2. The second kappa shape index (κ2) is 3.97. The highest BCUT2D eigenvalue weighted by Gasteiger charge is 2.21. The van der Waals surface area contributed by atoms with Crippen molar-refractivity contribution in [1.82, 2.24) is 15.1 Å². The normalized spacial score (nSPS) is 16.3. The summed E-state index contributed by atoms with van der Waals surface area (Å²) in [6.45, 7) is 9.61. The van der Waals surface area contributed by atoms with E-state index in [0.717, 1.165) is 12.6 Å². The molecule has 3 nitrogen and oxygen atoms in total. The van der Waals surface area contributed by atoms with E-state index in [1.807, 2.05) is 0 Å². The van der Waals surface area contributed by atoms with Crippen LogP contribution >= 0.6 is 0 Å². The molecule has 1 heterocycles. The van der Waals surface area contributed by atoms with Gasteiger partial charge in [-0.2, -0.15) is 5.10 Å². The van der Waals surface area contributed by atoms with Crippen LogP contribution in [-0.4, -0.2) is 15.8 Å². The minimum Gasteiger partial charge on any atom is -0.310 e. The first-order chi connectivity index (χ1) is 7.09. The zero-order valence-corrected chi connectivity index (χ0v) is 10.2. The molecule has 1 aliphatic rings. The van der Waals surface area contributed by atoms with E-state index in [1.54, 1.807) is 0 Å². The molecule has 3 heteroatoms. The fourth-order valence-corrected chi connectivity index (χ4v) is 1.99. The minimum atomic E-state index is 0.457. The SMILES string of the molecule is Cc1nn(C(C)C)c(C)c1CNC1CC1. The number of aromatic nitrogens is 2. The molecule has 0 saturated heterocycles. The van der Waals surface area contributed by atoms with Crippen molar-refractivity contribution in [3.63, 3.8) is 0 Å². The molecule has 0 unspecified atom stereocenters. The van der Waals surface area contributed by atoms with E-state index >= 15 is 0 Å². The molecular formula is C12H21N3. The highest BCUT2D eigenvalue weighted by atomic mass is 15.3. The van der Waals surface area contributed by atoms with Gasteiger partial charge in [0, 0.05) is 29.9 Å². The molecule has 0 atom stereocenters. The third-order valence-electron chi connectivity index (χ3n) is 3.11. The second-order valence-electron chi connectivity index (χ2n) is 4.84. The van der Waals surface area contributed by atoms with Gasteiger partial charge in [-0.3, -0.25) is 4.68 Å². The molecule has 2 rings (SSSR count). The van der Waals surface area contributed by atoms with Crippen molar-refractivity contribution >= 4 is 0 Å². The molecule has 1 aromatic heterocycles. The molecule has 0 bridgehead atoms. The van der Waals surface area contributed by atoms with Gasteiger partial charge in [0.2, 0.25) is 0 Å². The Kier molecular flexibility index (Phi) is 2.83. The van der Waals surface area contributed by atoms with Crippen LogP contribution in [0.1, 0.15) is 49.7 Å². The van der Waals surface area contributed by atoms with Crippen LogP contribution < -0.4 is 5.32 Å². The summed E-state index contributed by atoms with van der Waals surface area (Å²) in [7, 11) is 0. The van der Waals surface area contributed by atoms with Crippen molar-refractivity contribution < 1.29 is 0 Å². The lowest BCUT2D eigenvalue weighted by Gasteiger charge is -2.09. The predicted molar refractivity (Wildman–Crippen MR) is 61.9 cm³/mol. The van der Waals surface area contributed by atoms with Crippen molar-refractivity contribution in [2.45, 2.75) is 59.2 Å². The number of nitrogens with one attached hydrogen (secondary N) is 1. The largest absolute Gasteiger partial charge is 0.310 e. The predicted octanol–water partition coefficient (Wildman–Crippen LogP) is 2.33. The third kappa shape index (κ3) is 2.23. The van der Waals surface area contributed by atoms with Crippen LogP contribution in [0.25, 0.3) is 0 Å². The van der Waals surface area contributed by atoms with E-state index in [1.165, 1.54) is 29.8 Å². The summed E-state index contributed by atoms with van der Waals surface area (Å²) >= 11 is 0. The number of aryl methyl sites for hydroxylation is 1. The van der Waals surface area contributed by atoms with Crippen LogP contribution in [0.5, 0.6) is 0 Å². The molecule has 1 aliphatic carbocycles. The summed E-state index contributed by atoms with van der Waals surface area (Å²) in [5, 5.41) is 8.14. The summed E-state index contributed by atoms with van der Waals surface area (Å²) in [5.41, 5.74) is 3.88. The maximum absolute atomic E-state index is 4.58. The fraction of sp³-hybridized carbons (Fsp3) is 0.750. The first kappa shape index (κ1) is 10.7. The van der Waals surface area contributed by atoms with E-state index in [9.17, 15) is 0 Å². The van der Waals surface area contributed by atoms with Crippen LogP contribution in [-0.2, 0) is 6.54 Å². The van der Waals surface area contributed by atoms with E-state index in [4.69, 9.17) is 0 Å². The highest BCUT2D eigenvalue weighted by Crippen LogP contribution is 2.21. The van der Waals surface area contributed by atoms with Crippen molar-refractivity contribution in [3.8, 4) is 0 Å². The average Bonchev–Trinajstić information content (AvgIpc) is 2.93. The smallest absolute Gasteiger partial charge is 0.0641 e. The Morgan fingerprint density at radius 3 is 2.53 bits per heavy atom. The van der Waals surface area contributed by atoms with Crippen LogP contribution in [0.4, 0.5) is 0 Å². The molecule has 0 spiro atoms. The van der Waals surface area contributed by atoms with Gasteiger partial charge in [0.1, 0.15) is 0 Å². The van der Waals surface area contributed by atoms with Crippen molar-refractivity contribution in [3.05, 3.63) is 17.0 Å². The maximum Gasteiger partial charge on any atom is 0.0641 e. The fourth-order valence-electron chi connectivity index (χ4n) is 1.99. The Labute approximate surface area is 91.9 Å². The molecule has 0 aromatic carbocycles. The number of hydrogen-bond donors (Lipinski definition) is 1. The van der Waals surface area contributed by atoms with Crippen LogP contribution in [0.3, 0.4) is 0 Å². The second-order valence-corrected chi connectivity index (χ2v) is 4.84. The molecule has 0 aliphatic heterocycles. The van der Waals surface area contributed by atoms with Crippen molar-refractivity contribution in [1.29, 1.82) is 0 Å². The summed E-state index contributed by atoms with van der Waals surface area (Å²) in [5.74, 6) is 0. The number of hydrogen-bond acceptors (Lipinski definition) is 2. The lowest BCUT2D eigenvalue weighted by Crippen LogP contribution is -2.16. The quantitative estimate of drug-likeness (QED) is 0.821. The molecular weight excluding hydrogens is 186 g/mol. The van der Waals surface area contributed by atoms with Gasteiger partial charge in [0.15, 0.2) is 0 Å². The van der Waals surface area contributed by atoms with Gasteiger partial charge >= 0.3 is 0 Å². The first-order valence-electron chi connectivity index (χ1n) is 5.87. The van der Waals surface area contributed by atoms with E-state index in [-0.39, 0.29) is 0 Å². The van der Waals surface area contributed by atoms with Gasteiger partial charge in [-0.05, 0) is 40.5 Å². The Morgan fingerprint density at radius 2 is 2.07 bits per heavy atom. The molecule has 1 aromatic rings. The van der Waals surface area contributed by atoms with E-state index in [0.29, 0.717) is 6.04 Å². The Morgan fingerprint density at radius 1 is 1.40 bits per heavy atom. The average molecular weight is 207 g/mol. The van der Waals surface area contributed by atoms with Crippen LogP contribution in [0.15, 0.2) is 0 Å². The van der Waals surface area contributed by atoms with Crippen LogP contribution in [0, 0.1) is 13.8 Å². The molecule has 1 saturated carbocycles. The Hall–Kier alpha value is -0.830. The molecule has 0 amide bonds. The standard InChI is InChI=1S/C12H21N3/c1-8(2)15-10(4)12(9(3)14-15)7-13-11-5-6-11/h8,11,13H,5-7H2,1-4H3. The highest BCUT2D eigenvalue weighted by molar-refractivity contribution is 5.24. The van der Waals surface area contributed by atoms with Crippen molar-refractivity contribution in [2.75, 3.05) is 0 Å². The molecule has 84 valence electrons. The number of nitrogens with zero attached hydrogens (tertiary/aromatic N) is 2. The minimum absolute atomic E-state index is 0.457. The first-order valence-corrected chi connectivity index (χ1v) is 5.87. The maximum atomic E-state index is 4.58. The van der Waals surface area contributed by atoms with Gasteiger partial charge in [0.05, 0.1) is 5.69 Å². The zero-order chi connectivity index (χ0) is 11.0. The van der Waals surface area contributed by atoms with Crippen LogP contribution in [0.2, 0.25) is 0 Å². The van der Waals surface area contributed by atoms with Gasteiger partial charge in [0.25, 0.3) is 0 Å². The summed E-state index contributed by atoms with van der Waals surface area (Å²) in [4.78, 5) is 0. The monoisotopic (exact) mass is 207 g/mol. The van der Waals surface area contributed by atoms with Crippen molar-refractivity contribution in [2.24, 2.45) is 0 Å². The summed E-state index contributed by atoms with van der Waals surface area (Å²) < 4.78 is 2.12. The van der Waals surface area contributed by atoms with Gasteiger partial charge in [-0.1, -0.05) is 0 Å². The summed E-state index contributed by atoms with van der Waals surface area (Å²) in [6, 6.07) is 1.23. The van der Waals surface area contributed by atoms with Gasteiger partial charge in [-0.15, -0.1) is 0 Å². The van der Waals surface area contributed by atoms with E-state index < -0.39 is 0 Å². The molecule has 0 radical (unpaired) electrons. The summed E-state index contributed by atoms with van der Waals surface area (Å²) in [6.07, 6.45) is 2.69. The lowest BCUT2D eigenvalue weighted by molar-refractivity contribution is 0.515. The Bertz CT molecular complexity index is 348. The number of rotatable bonds is 4. The third-order valence-corrected chi connectivity index (χ3v) is 3.11. The van der Waals surface area contributed by atoms with E-state index in [2.05, 4.69) is 42.8 Å². The topological polar surface area (TPSA) is 29.9 Å². The molecule has 15 heavy (non-hydrogen) atoms. The molecule has 1 fully saturated rings. The lowest BCUT2D eigenvalue weighted by atomic mass is 10.2. The van der Waals surface area contributed by atoms with Gasteiger partial charge in [-0.25, -0.2) is 0 Å². The molecule has 1 N–H and O–H groups in total. The van der Waals surface area contributed by atoms with Gasteiger partial charge < -0.3 is 5.32 Å². The Balaban J connectivity index is 2.13.